The summed E-state index contributed by atoms with van der Waals surface area (Å²) in [6.07, 6.45) is -1.23. The lowest BCUT2D eigenvalue weighted by molar-refractivity contribution is -0.146. The van der Waals surface area contributed by atoms with Crippen molar-refractivity contribution in [2.75, 3.05) is 19.0 Å². The average Bonchev–Trinajstić information content (AvgIpc) is 3.54. The van der Waals surface area contributed by atoms with Crippen LogP contribution in [-0.4, -0.2) is 81.2 Å². The van der Waals surface area contributed by atoms with Gasteiger partial charge in [0.15, 0.2) is 0 Å². The van der Waals surface area contributed by atoms with E-state index in [4.69, 9.17) is 22.3 Å². The van der Waals surface area contributed by atoms with Crippen LogP contribution in [0, 0.1) is 0 Å². The Bertz CT molecular complexity index is 1500. The van der Waals surface area contributed by atoms with Crippen LogP contribution in [0.15, 0.2) is 42.6 Å². The topological polar surface area (TPSA) is 175 Å². The molecule has 1 aromatic carbocycles. The Kier molecular flexibility index (Phi) is 8.56. The molecule has 1 saturated carbocycles. The largest absolute Gasteiger partial charge is 0.497 e. The number of aromatic nitrogens is 3. The van der Waals surface area contributed by atoms with Gasteiger partial charge in [-0.05, 0) is 42.7 Å². The Morgan fingerprint density at radius 1 is 1.10 bits per heavy atom. The number of pyridine rings is 1. The van der Waals surface area contributed by atoms with Crippen LogP contribution in [0.1, 0.15) is 37.7 Å². The van der Waals surface area contributed by atoms with Gasteiger partial charge in [0.25, 0.3) is 0 Å². The second-order valence-electron chi connectivity index (χ2n) is 9.91. The lowest BCUT2D eigenvalue weighted by atomic mass is 9.67. The van der Waals surface area contributed by atoms with Gasteiger partial charge in [-0.3, -0.25) is 23.8 Å². The Morgan fingerprint density at radius 2 is 1.73 bits per heavy atom. The number of H-pyrrole nitrogens is 1. The Hall–Kier alpha value is -3.76. The van der Waals surface area contributed by atoms with Crippen LogP contribution < -0.4 is 10.1 Å². The fraction of sp³-hybridized carbons (Fsp3) is 0.440. The standard InChI is InChI=1S/C25H26F3N5O3.H2O4S/c1-36-17-4-2-15(3-5-17)24(8-10-25(27,28)11-9-24)23(35)33-14-16(26)12-20(33)22(34)31-21-7-6-18-19(30-21)13-29-32-18;1-5(2,3)4/h2-7,13,16,20H,8-12,14H2,1H3,(H,29,32)(H,30,31,34);(H2,1,2,3,4)/t16-,20-;/m1./s1. The van der Waals surface area contributed by atoms with Crippen molar-refractivity contribution in [3.8, 4) is 5.75 Å². The zero-order chi connectivity index (χ0) is 30.0. The summed E-state index contributed by atoms with van der Waals surface area (Å²) in [6.45, 7) is -0.278. The molecular formula is C25H28F3N5O7S. The van der Waals surface area contributed by atoms with E-state index in [2.05, 4.69) is 20.5 Å². The minimum atomic E-state index is -4.67. The van der Waals surface area contributed by atoms with Gasteiger partial charge in [-0.2, -0.15) is 13.5 Å². The minimum absolute atomic E-state index is 0.105. The van der Waals surface area contributed by atoms with Crippen molar-refractivity contribution >= 4 is 39.1 Å². The van der Waals surface area contributed by atoms with Crippen LogP contribution in [0.3, 0.4) is 0 Å². The highest BCUT2D eigenvalue weighted by molar-refractivity contribution is 7.79. The maximum absolute atomic E-state index is 14.6. The summed E-state index contributed by atoms with van der Waals surface area (Å²) in [5.74, 6) is -3.16. The van der Waals surface area contributed by atoms with Crippen LogP contribution in [0.5, 0.6) is 5.75 Å². The number of nitrogens with zero attached hydrogens (tertiary/aromatic N) is 3. The smallest absolute Gasteiger partial charge is 0.394 e. The summed E-state index contributed by atoms with van der Waals surface area (Å²) in [7, 11) is -3.16. The van der Waals surface area contributed by atoms with Crippen molar-refractivity contribution in [3.63, 3.8) is 0 Å². The van der Waals surface area contributed by atoms with Crippen LogP contribution >= 0.6 is 0 Å². The zero-order valence-corrected chi connectivity index (χ0v) is 22.6. The Balaban J connectivity index is 0.000000714. The lowest BCUT2D eigenvalue weighted by Crippen LogP contribution is -2.54. The number of ether oxygens (including phenoxy) is 1. The average molecular weight is 600 g/mol. The molecule has 0 radical (unpaired) electrons. The molecule has 16 heteroatoms. The van der Waals surface area contributed by atoms with Gasteiger partial charge in [-0.15, -0.1) is 0 Å². The van der Waals surface area contributed by atoms with E-state index in [1.165, 1.54) is 18.2 Å². The molecule has 4 N–H and O–H groups in total. The van der Waals surface area contributed by atoms with Gasteiger partial charge in [-0.25, -0.2) is 18.2 Å². The first-order chi connectivity index (χ1) is 19.2. The monoisotopic (exact) mass is 599 g/mol. The number of aromatic amines is 1. The third-order valence-electron chi connectivity index (χ3n) is 7.25. The number of hydrogen-bond donors (Lipinski definition) is 4. The van der Waals surface area contributed by atoms with E-state index in [9.17, 15) is 22.8 Å². The highest BCUT2D eigenvalue weighted by Crippen LogP contribution is 2.47. The highest BCUT2D eigenvalue weighted by atomic mass is 32.3. The summed E-state index contributed by atoms with van der Waals surface area (Å²) in [5, 5.41) is 9.32. The molecule has 5 rings (SSSR count). The zero-order valence-electron chi connectivity index (χ0n) is 21.8. The SMILES string of the molecule is COc1ccc(C2(C(=O)N3C[C@H](F)C[C@@H]3C(=O)Nc3ccc4[nH]ncc4n3)CCC(F)(F)CC2)cc1.O=S(=O)(O)O. The quantitative estimate of drug-likeness (QED) is 0.321. The molecule has 2 amide bonds. The van der Waals surface area contributed by atoms with Gasteiger partial charge in [0.05, 0.1) is 30.8 Å². The molecule has 2 fully saturated rings. The number of benzene rings is 1. The summed E-state index contributed by atoms with van der Waals surface area (Å²) in [6, 6.07) is 8.88. The first-order valence-electron chi connectivity index (χ1n) is 12.5. The maximum Gasteiger partial charge on any atom is 0.394 e. The molecule has 3 aromatic rings. The summed E-state index contributed by atoms with van der Waals surface area (Å²) < 4.78 is 79.7. The molecule has 0 spiro atoms. The van der Waals surface area contributed by atoms with Crippen LogP contribution in [-0.2, 0) is 25.4 Å². The van der Waals surface area contributed by atoms with Gasteiger partial charge < -0.3 is 15.0 Å². The van der Waals surface area contributed by atoms with Crippen molar-refractivity contribution in [2.45, 2.75) is 55.7 Å². The predicted molar refractivity (Wildman–Crippen MR) is 140 cm³/mol. The first-order valence-corrected chi connectivity index (χ1v) is 13.9. The van der Waals surface area contributed by atoms with Crippen LogP contribution in [0.25, 0.3) is 11.0 Å². The second kappa shape index (κ2) is 11.6. The number of anilines is 1. The number of methoxy groups -OCH3 is 1. The van der Waals surface area contributed by atoms with Crippen molar-refractivity contribution in [3.05, 3.63) is 48.2 Å². The van der Waals surface area contributed by atoms with E-state index in [0.29, 0.717) is 22.3 Å². The molecule has 222 valence electrons. The number of hydrogen-bond acceptors (Lipinski definition) is 7. The van der Waals surface area contributed by atoms with E-state index in [1.807, 2.05) is 0 Å². The molecular weight excluding hydrogens is 571 g/mol. The fourth-order valence-corrected chi connectivity index (χ4v) is 5.22. The van der Waals surface area contributed by atoms with Gasteiger partial charge in [0, 0.05) is 19.3 Å². The number of alkyl halides is 3. The number of amides is 2. The van der Waals surface area contributed by atoms with E-state index >= 15 is 0 Å². The van der Waals surface area contributed by atoms with E-state index in [0.717, 1.165) is 0 Å². The lowest BCUT2D eigenvalue weighted by Gasteiger charge is -2.42. The number of carbonyl (C=O) groups excluding carboxylic acids is 2. The highest BCUT2D eigenvalue weighted by Gasteiger charge is 2.53. The van der Waals surface area contributed by atoms with Crippen molar-refractivity contribution in [1.29, 1.82) is 0 Å². The van der Waals surface area contributed by atoms with Crippen molar-refractivity contribution in [2.24, 2.45) is 0 Å². The molecule has 2 aliphatic rings. The van der Waals surface area contributed by atoms with Crippen LogP contribution in [0.4, 0.5) is 19.0 Å². The number of likely N-dealkylation sites (tertiary alicyclic amines) is 1. The van der Waals surface area contributed by atoms with E-state index in [-0.39, 0.29) is 31.6 Å². The molecule has 3 heterocycles. The van der Waals surface area contributed by atoms with Crippen LogP contribution in [0.2, 0.25) is 0 Å². The number of nitrogens with one attached hydrogen (secondary N) is 2. The molecule has 1 saturated heterocycles. The number of rotatable bonds is 5. The third kappa shape index (κ3) is 7.12. The van der Waals surface area contributed by atoms with Crippen molar-refractivity contribution in [1.82, 2.24) is 20.1 Å². The molecule has 12 nitrogen and oxygen atoms in total. The number of halogens is 3. The molecule has 0 bridgehead atoms. The van der Waals surface area contributed by atoms with Gasteiger partial charge >= 0.3 is 10.4 Å². The van der Waals surface area contributed by atoms with E-state index in [1.54, 1.807) is 36.4 Å². The molecule has 1 aliphatic heterocycles. The number of fused-ring (bicyclic) bond motifs is 1. The predicted octanol–water partition coefficient (Wildman–Crippen LogP) is 3.34. The normalized spacial score (nSPS) is 21.6. The molecule has 2 atom stereocenters. The molecule has 1 aliphatic carbocycles. The Labute approximate surface area is 232 Å². The Morgan fingerprint density at radius 3 is 2.34 bits per heavy atom. The maximum atomic E-state index is 14.6. The fourth-order valence-electron chi connectivity index (χ4n) is 5.22. The summed E-state index contributed by atoms with van der Waals surface area (Å²) >= 11 is 0. The molecule has 0 unspecified atom stereocenters. The first kappa shape index (κ1) is 30.2. The third-order valence-corrected chi connectivity index (χ3v) is 7.25. The van der Waals surface area contributed by atoms with E-state index < -0.39 is 58.6 Å². The molecule has 41 heavy (non-hydrogen) atoms. The van der Waals surface area contributed by atoms with Gasteiger partial charge in [-0.1, -0.05) is 12.1 Å². The minimum Gasteiger partial charge on any atom is -0.497 e. The summed E-state index contributed by atoms with van der Waals surface area (Å²) in [5.41, 5.74) is 0.490. The molecule has 2 aromatic heterocycles. The van der Waals surface area contributed by atoms with Crippen molar-refractivity contribution < 1.29 is 45.0 Å². The van der Waals surface area contributed by atoms with Gasteiger partial charge in [0.2, 0.25) is 17.7 Å². The second-order valence-corrected chi connectivity index (χ2v) is 10.8. The number of carbonyl (C=O) groups is 2. The summed E-state index contributed by atoms with van der Waals surface area (Å²) in [4.78, 5) is 32.7. The van der Waals surface area contributed by atoms with Gasteiger partial charge in [0.1, 0.15) is 29.3 Å².